The number of halogens is 1. The second-order valence-electron chi connectivity index (χ2n) is 5.02. The maximum Gasteiger partial charge on any atom is 0.242 e. The molecule has 1 amide bonds. The minimum Gasteiger partial charge on any atom is -0.383 e. The maximum absolute atomic E-state index is 12.0. The van der Waals surface area contributed by atoms with Gasteiger partial charge in [-0.3, -0.25) is 4.79 Å². The first-order chi connectivity index (χ1) is 7.56. The number of carbonyl (C=O) groups excluding carboxylic acids is 1. The van der Waals surface area contributed by atoms with Crippen LogP contribution in [0.15, 0.2) is 0 Å². The van der Waals surface area contributed by atoms with E-state index in [2.05, 4.69) is 13.8 Å². The van der Waals surface area contributed by atoms with Gasteiger partial charge in [0.15, 0.2) is 0 Å². The third-order valence-corrected chi connectivity index (χ3v) is 3.07. The first-order valence-corrected chi connectivity index (χ1v) is 6.11. The van der Waals surface area contributed by atoms with Crippen LogP contribution >= 0.6 is 12.4 Å². The summed E-state index contributed by atoms with van der Waals surface area (Å²) in [6.45, 7) is 5.55. The van der Waals surface area contributed by atoms with Gasteiger partial charge >= 0.3 is 0 Å². The molecule has 0 radical (unpaired) electrons. The Morgan fingerprint density at radius 1 is 1.53 bits per heavy atom. The number of hydrogen-bond acceptors (Lipinski definition) is 3. The number of likely N-dealkylation sites (tertiary alicyclic amines) is 1. The van der Waals surface area contributed by atoms with Gasteiger partial charge in [-0.2, -0.15) is 0 Å². The number of ether oxygens (including phenoxy) is 1. The molecule has 0 aromatic carbocycles. The molecule has 0 aromatic heterocycles. The molecule has 17 heavy (non-hydrogen) atoms. The molecule has 2 atom stereocenters. The average Bonchev–Trinajstić information content (AvgIpc) is 2.64. The standard InChI is InChI=1S/C12H24N2O2.ClH/c1-9(2)7-10-5-4-6-14(10)12(15)11(13)8-16-3;/h9-11H,4-8,13H2,1-3H3;1H. The molecule has 0 spiro atoms. The van der Waals surface area contributed by atoms with E-state index in [-0.39, 0.29) is 18.3 Å². The van der Waals surface area contributed by atoms with E-state index in [1.54, 1.807) is 7.11 Å². The first-order valence-electron chi connectivity index (χ1n) is 6.11. The van der Waals surface area contributed by atoms with Crippen LogP contribution in [0, 0.1) is 5.92 Å². The Morgan fingerprint density at radius 3 is 2.71 bits per heavy atom. The predicted octanol–water partition coefficient (Wildman–Crippen LogP) is 1.42. The number of methoxy groups -OCH3 is 1. The average molecular weight is 265 g/mol. The molecule has 0 bridgehead atoms. The van der Waals surface area contributed by atoms with Crippen molar-refractivity contribution in [1.82, 2.24) is 4.90 Å². The molecule has 2 N–H and O–H groups in total. The van der Waals surface area contributed by atoms with Crippen LogP contribution in [-0.2, 0) is 9.53 Å². The maximum atomic E-state index is 12.0. The molecule has 2 unspecified atom stereocenters. The molecular formula is C12H25ClN2O2. The fraction of sp³-hybridized carbons (Fsp3) is 0.917. The van der Waals surface area contributed by atoms with Crippen molar-refractivity contribution in [2.24, 2.45) is 11.7 Å². The Labute approximate surface area is 110 Å². The van der Waals surface area contributed by atoms with Crippen molar-refractivity contribution in [1.29, 1.82) is 0 Å². The van der Waals surface area contributed by atoms with Gasteiger partial charge in [0, 0.05) is 19.7 Å². The lowest BCUT2D eigenvalue weighted by atomic mass is 10.0. The Kier molecular flexibility index (Phi) is 7.75. The van der Waals surface area contributed by atoms with Crippen LogP contribution in [0.3, 0.4) is 0 Å². The second-order valence-corrected chi connectivity index (χ2v) is 5.02. The lowest BCUT2D eigenvalue weighted by Crippen LogP contribution is -2.48. The molecule has 1 heterocycles. The molecule has 1 aliphatic heterocycles. The third kappa shape index (κ3) is 4.82. The van der Waals surface area contributed by atoms with Crippen LogP contribution < -0.4 is 5.73 Å². The first kappa shape index (κ1) is 16.7. The van der Waals surface area contributed by atoms with E-state index in [1.807, 2.05) is 4.90 Å². The van der Waals surface area contributed by atoms with E-state index in [0.717, 1.165) is 25.8 Å². The highest BCUT2D eigenvalue weighted by Gasteiger charge is 2.31. The van der Waals surface area contributed by atoms with Crippen molar-refractivity contribution in [3.05, 3.63) is 0 Å². The van der Waals surface area contributed by atoms with Crippen molar-refractivity contribution in [2.45, 2.75) is 45.2 Å². The summed E-state index contributed by atoms with van der Waals surface area (Å²) in [5.74, 6) is 0.669. The summed E-state index contributed by atoms with van der Waals surface area (Å²) in [7, 11) is 1.57. The summed E-state index contributed by atoms with van der Waals surface area (Å²) >= 11 is 0. The summed E-state index contributed by atoms with van der Waals surface area (Å²) in [6, 6.07) is -0.117. The second kappa shape index (κ2) is 7.90. The van der Waals surface area contributed by atoms with Crippen LogP contribution in [0.1, 0.15) is 33.1 Å². The van der Waals surface area contributed by atoms with E-state index in [9.17, 15) is 4.79 Å². The summed E-state index contributed by atoms with van der Waals surface area (Å²) < 4.78 is 4.93. The molecule has 1 rings (SSSR count). The van der Waals surface area contributed by atoms with Crippen molar-refractivity contribution >= 4 is 18.3 Å². The van der Waals surface area contributed by atoms with E-state index in [0.29, 0.717) is 18.6 Å². The molecule has 1 saturated heterocycles. The molecule has 102 valence electrons. The summed E-state index contributed by atoms with van der Waals surface area (Å²) in [5, 5.41) is 0. The topological polar surface area (TPSA) is 55.6 Å². The van der Waals surface area contributed by atoms with Gasteiger partial charge in [-0.05, 0) is 25.2 Å². The molecule has 0 saturated carbocycles. The highest BCUT2D eigenvalue weighted by Crippen LogP contribution is 2.23. The fourth-order valence-corrected chi connectivity index (χ4v) is 2.38. The van der Waals surface area contributed by atoms with Crippen LogP contribution in [-0.4, -0.2) is 43.2 Å². The molecule has 0 aliphatic carbocycles. The van der Waals surface area contributed by atoms with Crippen LogP contribution in [0.25, 0.3) is 0 Å². The molecular weight excluding hydrogens is 240 g/mol. The number of nitrogens with two attached hydrogens (primary N) is 1. The summed E-state index contributed by atoms with van der Waals surface area (Å²) in [4.78, 5) is 14.0. The van der Waals surface area contributed by atoms with Gasteiger partial charge in [0.25, 0.3) is 0 Å². The monoisotopic (exact) mass is 264 g/mol. The van der Waals surface area contributed by atoms with Gasteiger partial charge in [0.05, 0.1) is 6.61 Å². The molecule has 1 aliphatic rings. The number of nitrogens with zero attached hydrogens (tertiary/aromatic N) is 1. The van der Waals surface area contributed by atoms with Gasteiger partial charge < -0.3 is 15.4 Å². The quantitative estimate of drug-likeness (QED) is 0.817. The lowest BCUT2D eigenvalue weighted by Gasteiger charge is -2.28. The zero-order chi connectivity index (χ0) is 12.1. The summed E-state index contributed by atoms with van der Waals surface area (Å²) in [6.07, 6.45) is 3.29. The lowest BCUT2D eigenvalue weighted by molar-refractivity contribution is -0.134. The SMILES string of the molecule is COCC(N)C(=O)N1CCCC1CC(C)C.Cl. The van der Waals surface area contributed by atoms with E-state index in [1.165, 1.54) is 0 Å². The predicted molar refractivity (Wildman–Crippen MR) is 71.3 cm³/mol. The smallest absolute Gasteiger partial charge is 0.242 e. The minimum absolute atomic E-state index is 0. The van der Waals surface area contributed by atoms with Crippen LogP contribution in [0.2, 0.25) is 0 Å². The van der Waals surface area contributed by atoms with Crippen LogP contribution in [0.4, 0.5) is 0 Å². The minimum atomic E-state index is -0.502. The zero-order valence-electron chi connectivity index (χ0n) is 11.0. The number of amides is 1. The van der Waals surface area contributed by atoms with E-state index in [4.69, 9.17) is 10.5 Å². The third-order valence-electron chi connectivity index (χ3n) is 3.07. The molecule has 1 fully saturated rings. The fourth-order valence-electron chi connectivity index (χ4n) is 2.38. The Bertz CT molecular complexity index is 237. The molecule has 0 aromatic rings. The molecule has 5 heteroatoms. The number of rotatable bonds is 5. The largest absolute Gasteiger partial charge is 0.383 e. The van der Waals surface area contributed by atoms with Crippen molar-refractivity contribution in [3.63, 3.8) is 0 Å². The van der Waals surface area contributed by atoms with Crippen molar-refractivity contribution < 1.29 is 9.53 Å². The van der Waals surface area contributed by atoms with Gasteiger partial charge in [0.1, 0.15) is 6.04 Å². The van der Waals surface area contributed by atoms with Crippen molar-refractivity contribution in [3.8, 4) is 0 Å². The summed E-state index contributed by atoms with van der Waals surface area (Å²) in [5.41, 5.74) is 5.78. The van der Waals surface area contributed by atoms with Gasteiger partial charge in [-0.15, -0.1) is 12.4 Å². The van der Waals surface area contributed by atoms with Gasteiger partial charge in [-0.1, -0.05) is 13.8 Å². The zero-order valence-corrected chi connectivity index (χ0v) is 11.8. The Balaban J connectivity index is 0.00000256. The Morgan fingerprint density at radius 2 is 2.18 bits per heavy atom. The van der Waals surface area contributed by atoms with E-state index < -0.39 is 6.04 Å². The van der Waals surface area contributed by atoms with Crippen LogP contribution in [0.5, 0.6) is 0 Å². The van der Waals surface area contributed by atoms with E-state index >= 15 is 0 Å². The normalized spacial score (nSPS) is 21.5. The highest BCUT2D eigenvalue weighted by atomic mass is 35.5. The number of hydrogen-bond donors (Lipinski definition) is 1. The number of carbonyl (C=O) groups is 1. The van der Waals surface area contributed by atoms with Gasteiger partial charge in [0.2, 0.25) is 5.91 Å². The molecule has 4 nitrogen and oxygen atoms in total. The van der Waals surface area contributed by atoms with Crippen molar-refractivity contribution in [2.75, 3.05) is 20.3 Å². The Hall–Kier alpha value is -0.320. The highest BCUT2D eigenvalue weighted by molar-refractivity contribution is 5.85. The van der Waals surface area contributed by atoms with Gasteiger partial charge in [-0.25, -0.2) is 0 Å².